The molecule has 4 aliphatic rings. The van der Waals surface area contributed by atoms with Crippen molar-refractivity contribution in [2.45, 2.75) is 71.3 Å². The molecule has 0 aromatic carbocycles. The standard InChI is InChI=1S/C22H32O3/c1-21-10-7-15(24)13-14(21)3-4-16-17-5-6-19(20(25)9-12-23)22(17,2)11-8-18(16)21/h3,9,12,15-19,23-24H,4-8,10-11,13H2,1-2H3. The van der Waals surface area contributed by atoms with E-state index in [2.05, 4.69) is 19.9 Å². The van der Waals surface area contributed by atoms with E-state index >= 15 is 0 Å². The molecule has 0 heterocycles. The van der Waals surface area contributed by atoms with Crippen molar-refractivity contribution in [3.8, 4) is 0 Å². The summed E-state index contributed by atoms with van der Waals surface area (Å²) < 4.78 is 0. The number of hydrogen-bond acceptors (Lipinski definition) is 3. The van der Waals surface area contributed by atoms with E-state index in [0.717, 1.165) is 51.2 Å². The quantitative estimate of drug-likeness (QED) is 0.438. The predicted octanol–water partition coefficient (Wildman–Crippen LogP) is 4.57. The van der Waals surface area contributed by atoms with Gasteiger partial charge in [0.2, 0.25) is 0 Å². The molecule has 7 unspecified atom stereocenters. The van der Waals surface area contributed by atoms with Crippen LogP contribution in [-0.4, -0.2) is 22.1 Å². The zero-order chi connectivity index (χ0) is 17.8. The first-order chi connectivity index (χ1) is 11.9. The molecular weight excluding hydrogens is 312 g/mol. The molecule has 0 aliphatic heterocycles. The summed E-state index contributed by atoms with van der Waals surface area (Å²) in [5, 5.41) is 19.1. The van der Waals surface area contributed by atoms with Gasteiger partial charge in [0, 0.05) is 12.0 Å². The van der Waals surface area contributed by atoms with Crippen LogP contribution >= 0.6 is 0 Å². The molecule has 138 valence electrons. The fourth-order valence-corrected chi connectivity index (χ4v) is 7.30. The molecule has 0 bridgehead atoms. The average Bonchev–Trinajstić information content (AvgIpc) is 2.93. The summed E-state index contributed by atoms with van der Waals surface area (Å²) in [5.74, 6) is 2.20. The van der Waals surface area contributed by atoms with Gasteiger partial charge in [-0.1, -0.05) is 25.5 Å². The molecule has 0 amide bonds. The van der Waals surface area contributed by atoms with Gasteiger partial charge in [0.15, 0.2) is 5.78 Å². The van der Waals surface area contributed by atoms with Gasteiger partial charge in [0.05, 0.1) is 12.4 Å². The highest BCUT2D eigenvalue weighted by Crippen LogP contribution is 2.66. The average molecular weight is 344 g/mol. The van der Waals surface area contributed by atoms with Crippen LogP contribution in [0.15, 0.2) is 24.0 Å². The Kier molecular flexibility index (Phi) is 4.14. The van der Waals surface area contributed by atoms with Gasteiger partial charge in [-0.15, -0.1) is 0 Å². The van der Waals surface area contributed by atoms with Gasteiger partial charge in [-0.25, -0.2) is 0 Å². The van der Waals surface area contributed by atoms with Crippen molar-refractivity contribution in [3.63, 3.8) is 0 Å². The smallest absolute Gasteiger partial charge is 0.162 e. The van der Waals surface area contributed by atoms with Gasteiger partial charge in [0.1, 0.15) is 0 Å². The van der Waals surface area contributed by atoms with Gasteiger partial charge in [0.25, 0.3) is 0 Å². The lowest BCUT2D eigenvalue weighted by Crippen LogP contribution is -2.50. The fraction of sp³-hybridized carbons (Fsp3) is 0.773. The monoisotopic (exact) mass is 344 g/mol. The van der Waals surface area contributed by atoms with Gasteiger partial charge in [-0.2, -0.15) is 0 Å². The number of aliphatic hydroxyl groups excluding tert-OH is 2. The minimum absolute atomic E-state index is 0.0770. The molecule has 4 rings (SSSR count). The molecule has 0 aromatic heterocycles. The molecule has 0 spiro atoms. The third-order valence-corrected chi connectivity index (χ3v) is 8.66. The lowest BCUT2D eigenvalue weighted by molar-refractivity contribution is -0.125. The topological polar surface area (TPSA) is 57.5 Å². The number of carbonyl (C=O) groups is 1. The van der Waals surface area contributed by atoms with Gasteiger partial charge < -0.3 is 10.2 Å². The molecular formula is C22H32O3. The van der Waals surface area contributed by atoms with Crippen LogP contribution in [0.2, 0.25) is 0 Å². The third-order valence-electron chi connectivity index (χ3n) is 8.66. The van der Waals surface area contributed by atoms with E-state index in [1.807, 2.05) is 0 Å². The molecule has 4 aliphatic carbocycles. The Balaban J connectivity index is 1.63. The summed E-state index contributed by atoms with van der Waals surface area (Å²) in [6, 6.07) is 0. The van der Waals surface area contributed by atoms with Crippen LogP contribution in [0.1, 0.15) is 65.2 Å². The van der Waals surface area contributed by atoms with E-state index in [1.165, 1.54) is 18.1 Å². The predicted molar refractivity (Wildman–Crippen MR) is 98.0 cm³/mol. The summed E-state index contributed by atoms with van der Waals surface area (Å²) >= 11 is 0. The fourth-order valence-electron chi connectivity index (χ4n) is 7.30. The molecule has 25 heavy (non-hydrogen) atoms. The third kappa shape index (κ3) is 2.45. The summed E-state index contributed by atoms with van der Waals surface area (Å²) in [6.45, 7) is 4.77. The van der Waals surface area contributed by atoms with Gasteiger partial charge >= 0.3 is 0 Å². The van der Waals surface area contributed by atoms with Gasteiger partial charge in [-0.3, -0.25) is 4.79 Å². The molecule has 0 aromatic rings. The van der Waals surface area contributed by atoms with Crippen molar-refractivity contribution < 1.29 is 15.0 Å². The number of ketones is 1. The first-order valence-electron chi connectivity index (χ1n) is 10.1. The number of aliphatic hydroxyl groups is 2. The Morgan fingerprint density at radius 2 is 1.96 bits per heavy atom. The SMILES string of the molecule is CC12CCC(O)CC1=CCC1C2CCC2(C)C(C(=O)C=CO)CCC12. The van der Waals surface area contributed by atoms with E-state index in [-0.39, 0.29) is 28.6 Å². The maximum Gasteiger partial charge on any atom is 0.162 e. The highest BCUT2D eigenvalue weighted by molar-refractivity contribution is 5.92. The maximum absolute atomic E-state index is 12.5. The Bertz CT molecular complexity index is 621. The first kappa shape index (κ1) is 17.3. The van der Waals surface area contributed by atoms with Crippen LogP contribution in [0.25, 0.3) is 0 Å². The molecule has 2 N–H and O–H groups in total. The molecule has 0 saturated heterocycles. The minimum Gasteiger partial charge on any atom is -0.515 e. The van der Waals surface area contributed by atoms with Crippen molar-refractivity contribution >= 4 is 5.78 Å². The largest absolute Gasteiger partial charge is 0.515 e. The van der Waals surface area contributed by atoms with Crippen LogP contribution in [0.5, 0.6) is 0 Å². The van der Waals surface area contributed by atoms with Crippen molar-refractivity contribution in [2.75, 3.05) is 0 Å². The summed E-state index contributed by atoms with van der Waals surface area (Å²) in [7, 11) is 0. The summed E-state index contributed by atoms with van der Waals surface area (Å²) in [5.41, 5.74) is 1.86. The zero-order valence-corrected chi connectivity index (χ0v) is 15.6. The molecule has 3 nitrogen and oxygen atoms in total. The van der Waals surface area contributed by atoms with Crippen LogP contribution in [0.3, 0.4) is 0 Å². The van der Waals surface area contributed by atoms with E-state index in [9.17, 15) is 9.90 Å². The lowest BCUT2D eigenvalue weighted by Gasteiger charge is -2.57. The Morgan fingerprint density at radius 1 is 1.16 bits per heavy atom. The molecule has 3 saturated carbocycles. The van der Waals surface area contributed by atoms with Crippen LogP contribution in [0, 0.1) is 34.5 Å². The number of hydrogen-bond donors (Lipinski definition) is 2. The summed E-state index contributed by atoms with van der Waals surface area (Å²) in [4.78, 5) is 12.5. The van der Waals surface area contributed by atoms with E-state index in [1.54, 1.807) is 0 Å². The Labute approximate surface area is 151 Å². The van der Waals surface area contributed by atoms with Crippen molar-refractivity contribution in [1.82, 2.24) is 0 Å². The van der Waals surface area contributed by atoms with E-state index < -0.39 is 0 Å². The van der Waals surface area contributed by atoms with Crippen LogP contribution in [0.4, 0.5) is 0 Å². The number of fused-ring (bicyclic) bond motifs is 5. The number of allylic oxidation sites excluding steroid dienone is 2. The first-order valence-corrected chi connectivity index (χ1v) is 10.1. The lowest BCUT2D eigenvalue weighted by atomic mass is 9.47. The Hall–Kier alpha value is -1.09. The molecule has 3 fully saturated rings. The maximum atomic E-state index is 12.5. The Morgan fingerprint density at radius 3 is 2.72 bits per heavy atom. The minimum atomic E-state index is -0.150. The number of rotatable bonds is 2. The van der Waals surface area contributed by atoms with E-state index in [4.69, 9.17) is 5.11 Å². The van der Waals surface area contributed by atoms with Crippen molar-refractivity contribution in [3.05, 3.63) is 24.0 Å². The second-order valence-electron chi connectivity index (χ2n) is 9.55. The second kappa shape index (κ2) is 5.97. The highest BCUT2D eigenvalue weighted by Gasteiger charge is 2.59. The molecule has 7 atom stereocenters. The zero-order valence-electron chi connectivity index (χ0n) is 15.6. The van der Waals surface area contributed by atoms with Crippen LogP contribution in [-0.2, 0) is 4.79 Å². The van der Waals surface area contributed by atoms with Crippen LogP contribution < -0.4 is 0 Å². The van der Waals surface area contributed by atoms with Gasteiger partial charge in [-0.05, 0) is 80.0 Å². The van der Waals surface area contributed by atoms with E-state index in [0.29, 0.717) is 17.8 Å². The number of carbonyl (C=O) groups excluding carboxylic acids is 1. The normalized spacial score (nSPS) is 49.2. The van der Waals surface area contributed by atoms with Crippen molar-refractivity contribution in [1.29, 1.82) is 0 Å². The highest BCUT2D eigenvalue weighted by atomic mass is 16.3. The molecule has 0 radical (unpaired) electrons. The molecule has 3 heteroatoms. The van der Waals surface area contributed by atoms with Crippen molar-refractivity contribution in [2.24, 2.45) is 34.5 Å². The second-order valence-corrected chi connectivity index (χ2v) is 9.55. The summed E-state index contributed by atoms with van der Waals surface area (Å²) in [6.07, 6.45) is 13.1.